The lowest BCUT2D eigenvalue weighted by Crippen LogP contribution is -2.37. The third-order valence-corrected chi connectivity index (χ3v) is 7.76. The summed E-state index contributed by atoms with van der Waals surface area (Å²) in [5, 5.41) is 2.27. The van der Waals surface area contributed by atoms with Crippen LogP contribution in [0.1, 0.15) is 29.2 Å². The van der Waals surface area contributed by atoms with Gasteiger partial charge in [-0.25, -0.2) is 4.98 Å². The van der Waals surface area contributed by atoms with Gasteiger partial charge in [0.2, 0.25) is 5.71 Å². The van der Waals surface area contributed by atoms with E-state index in [1.165, 1.54) is 12.3 Å². The Balaban J connectivity index is 1.78. The number of nitrogens with zero attached hydrogens (tertiary/aromatic N) is 2. The zero-order chi connectivity index (χ0) is 30.1. The van der Waals surface area contributed by atoms with E-state index in [9.17, 15) is 0 Å². The van der Waals surface area contributed by atoms with Gasteiger partial charge in [0, 0.05) is 40.6 Å². The van der Waals surface area contributed by atoms with E-state index in [0.29, 0.717) is 33.2 Å². The second-order valence-electron chi connectivity index (χ2n) is 8.96. The van der Waals surface area contributed by atoms with Gasteiger partial charge < -0.3 is 4.42 Å². The lowest BCUT2D eigenvalue weighted by molar-refractivity contribution is 0.653. The predicted molar refractivity (Wildman–Crippen MR) is 137 cm³/mol. The van der Waals surface area contributed by atoms with Crippen molar-refractivity contribution in [3.8, 4) is 22.4 Å². The van der Waals surface area contributed by atoms with E-state index in [1.54, 1.807) is 36.4 Å². The Kier molecular flexibility index (Phi) is 2.95. The van der Waals surface area contributed by atoms with E-state index < -0.39 is 28.6 Å². The lowest BCUT2D eigenvalue weighted by atomic mass is 9.96. The van der Waals surface area contributed by atoms with E-state index in [0.717, 1.165) is 5.19 Å². The molecule has 5 rings (SSSR count). The molecule has 0 atom stereocenters. The second kappa shape index (κ2) is 7.42. The maximum absolute atomic E-state index is 8.27. The molecule has 0 bridgehead atoms. The van der Waals surface area contributed by atoms with Crippen LogP contribution in [-0.4, -0.2) is 18.0 Å². The average molecular weight is 446 g/mol. The highest BCUT2D eigenvalue weighted by Gasteiger charge is 2.19. The van der Waals surface area contributed by atoms with Gasteiger partial charge in [-0.3, -0.25) is 4.98 Å². The Hall–Kier alpha value is -3.24. The Morgan fingerprint density at radius 3 is 2.47 bits per heavy atom. The number of fused-ring (bicyclic) bond motifs is 3. The molecular weight excluding hydrogens is 408 g/mol. The van der Waals surface area contributed by atoms with Crippen LogP contribution in [0.3, 0.4) is 0 Å². The van der Waals surface area contributed by atoms with Gasteiger partial charge in [-0.05, 0) is 67.1 Å². The first kappa shape index (κ1) is 12.7. The summed E-state index contributed by atoms with van der Waals surface area (Å²) < 4.78 is 78.4. The number of hydrogen-bond acceptors (Lipinski definition) is 3. The van der Waals surface area contributed by atoms with E-state index >= 15 is 0 Å². The van der Waals surface area contributed by atoms with Gasteiger partial charge in [-0.1, -0.05) is 55.2 Å². The van der Waals surface area contributed by atoms with E-state index in [-0.39, 0.29) is 28.1 Å². The third-order valence-electron chi connectivity index (χ3n) is 5.72. The highest BCUT2D eigenvalue weighted by Crippen LogP contribution is 2.36. The van der Waals surface area contributed by atoms with E-state index in [4.69, 9.17) is 16.8 Å². The molecule has 0 spiro atoms. The van der Waals surface area contributed by atoms with Crippen molar-refractivity contribution in [3.63, 3.8) is 0 Å². The fourth-order valence-corrected chi connectivity index (χ4v) is 5.11. The van der Waals surface area contributed by atoms with Crippen LogP contribution < -0.4 is 5.19 Å². The maximum atomic E-state index is 8.27. The molecule has 3 aromatic heterocycles. The number of furan rings is 1. The Labute approximate surface area is 202 Å². The highest BCUT2D eigenvalue weighted by molar-refractivity contribution is 6.88. The van der Waals surface area contributed by atoms with Gasteiger partial charge in [0.05, 0.1) is 13.8 Å². The molecule has 3 nitrogen and oxygen atoms in total. The molecule has 0 aliphatic heterocycles. The number of hydrogen-bond donors (Lipinski definition) is 0. The van der Waals surface area contributed by atoms with Gasteiger partial charge >= 0.3 is 0 Å². The Morgan fingerprint density at radius 1 is 0.812 bits per heavy atom. The molecule has 32 heavy (non-hydrogen) atoms. The van der Waals surface area contributed by atoms with Crippen LogP contribution in [0, 0.1) is 20.6 Å². The van der Waals surface area contributed by atoms with Crippen molar-refractivity contribution in [1.29, 1.82) is 0 Å². The standard InChI is InChI=1S/C28H28N2OSi/c1-17-14-20(32(4,5)6)11-13-21(17)25-15-26(29-16-18(25)2)24-9-7-8-22-23-12-10-19(3)30-28(23)31-27(22)24/h7-16H,1-6H3/i1D3,2D3,3D3. The van der Waals surface area contributed by atoms with Gasteiger partial charge in [0.15, 0.2) is 0 Å². The summed E-state index contributed by atoms with van der Waals surface area (Å²) >= 11 is 0. The maximum Gasteiger partial charge on any atom is 0.227 e. The minimum atomic E-state index is -2.55. The predicted octanol–water partition coefficient (Wildman–Crippen LogP) is 7.18. The second-order valence-corrected chi connectivity index (χ2v) is 14.0. The number of para-hydroxylation sites is 1. The van der Waals surface area contributed by atoms with Crippen molar-refractivity contribution in [1.82, 2.24) is 9.97 Å². The number of benzene rings is 2. The van der Waals surface area contributed by atoms with Gasteiger partial charge in [0.1, 0.15) is 5.58 Å². The fourth-order valence-electron chi connectivity index (χ4n) is 3.95. The monoisotopic (exact) mass is 445 g/mol. The molecule has 4 heteroatoms. The molecule has 0 saturated heterocycles. The molecule has 3 heterocycles. The molecule has 0 aliphatic rings. The molecule has 0 aliphatic carbocycles. The molecule has 0 N–H and O–H groups in total. The first-order chi connectivity index (χ1) is 18.9. The van der Waals surface area contributed by atoms with Crippen LogP contribution in [0.25, 0.3) is 44.5 Å². The molecule has 2 aromatic carbocycles. The molecule has 0 fully saturated rings. The minimum absolute atomic E-state index is 0.0618. The van der Waals surface area contributed by atoms with Crippen molar-refractivity contribution in [2.24, 2.45) is 0 Å². The van der Waals surface area contributed by atoms with Crippen molar-refractivity contribution in [2.75, 3.05) is 0 Å². The largest absolute Gasteiger partial charge is 0.437 e. The first-order valence-corrected chi connectivity index (χ1v) is 13.8. The fraction of sp³-hybridized carbons (Fsp3) is 0.214. The Bertz CT molecular complexity index is 1800. The van der Waals surface area contributed by atoms with Crippen LogP contribution >= 0.6 is 0 Å². The lowest BCUT2D eigenvalue weighted by Gasteiger charge is -2.19. The van der Waals surface area contributed by atoms with Crippen molar-refractivity contribution >= 4 is 35.3 Å². The summed E-state index contributed by atoms with van der Waals surface area (Å²) in [6, 6.07) is 15.3. The van der Waals surface area contributed by atoms with Crippen molar-refractivity contribution in [2.45, 2.75) is 40.2 Å². The quantitative estimate of drug-likeness (QED) is 0.276. The molecular formula is C28H28N2OSi. The van der Waals surface area contributed by atoms with Crippen LogP contribution in [0.2, 0.25) is 19.6 Å². The SMILES string of the molecule is [2H]C([2H])([2H])c1ccc2c(n1)oc1c(-c3cc(-c4ccc([Si](C)(C)C)cc4C([2H])([2H])[2H])c(C([2H])([2H])[2H])cn3)cccc12. The summed E-state index contributed by atoms with van der Waals surface area (Å²) in [5.74, 6) is 0. The molecule has 0 saturated carbocycles. The van der Waals surface area contributed by atoms with Crippen LogP contribution in [-0.2, 0) is 0 Å². The topological polar surface area (TPSA) is 38.9 Å². The Morgan fingerprint density at radius 2 is 1.69 bits per heavy atom. The zero-order valence-corrected chi connectivity index (χ0v) is 19.1. The van der Waals surface area contributed by atoms with Gasteiger partial charge in [-0.2, -0.15) is 0 Å². The molecule has 0 amide bonds. The zero-order valence-electron chi connectivity index (χ0n) is 27.1. The summed E-state index contributed by atoms with van der Waals surface area (Å²) in [6.45, 7) is -1.07. The van der Waals surface area contributed by atoms with Crippen molar-refractivity contribution < 1.29 is 16.8 Å². The summed E-state index contributed by atoms with van der Waals surface area (Å²) in [7, 11) is -1.87. The molecule has 5 aromatic rings. The number of pyridine rings is 2. The molecule has 0 unspecified atom stereocenters. The van der Waals surface area contributed by atoms with E-state index in [1.807, 2.05) is 12.1 Å². The number of aromatic nitrogens is 2. The first-order valence-electron chi connectivity index (χ1n) is 14.8. The summed E-state index contributed by atoms with van der Waals surface area (Å²) in [6.07, 6.45) is 1.26. The van der Waals surface area contributed by atoms with Crippen LogP contribution in [0.15, 0.2) is 65.2 Å². The van der Waals surface area contributed by atoms with E-state index in [2.05, 4.69) is 29.6 Å². The van der Waals surface area contributed by atoms with Crippen LogP contribution in [0.5, 0.6) is 0 Å². The minimum Gasteiger partial charge on any atom is -0.437 e. The van der Waals surface area contributed by atoms with Gasteiger partial charge in [0.25, 0.3) is 0 Å². The smallest absolute Gasteiger partial charge is 0.227 e. The number of rotatable bonds is 3. The highest BCUT2D eigenvalue weighted by atomic mass is 28.3. The van der Waals surface area contributed by atoms with Crippen LogP contribution in [0.4, 0.5) is 0 Å². The van der Waals surface area contributed by atoms with Crippen molar-refractivity contribution in [3.05, 3.63) is 77.6 Å². The third kappa shape index (κ3) is 3.45. The normalized spacial score (nSPS) is 17.4. The molecule has 160 valence electrons. The number of aryl methyl sites for hydroxylation is 3. The molecule has 0 radical (unpaired) electrons. The summed E-state index contributed by atoms with van der Waals surface area (Å²) in [4.78, 5) is 8.68. The van der Waals surface area contributed by atoms with Gasteiger partial charge in [-0.15, -0.1) is 0 Å². The average Bonchev–Trinajstić information content (AvgIpc) is 3.24. The summed E-state index contributed by atoms with van der Waals surface area (Å²) in [5.41, 5.74) is 1.96.